The SMILES string of the molecule is Cc1ccc(C)n1C(N)=CC(=NCCBr)C(C)O. The van der Waals surface area contributed by atoms with E-state index in [1.807, 2.05) is 30.5 Å². The molecule has 18 heavy (non-hydrogen) atoms. The molecule has 5 heteroatoms. The quantitative estimate of drug-likeness (QED) is 0.645. The van der Waals surface area contributed by atoms with Crippen molar-refractivity contribution in [2.75, 3.05) is 11.9 Å². The molecule has 0 saturated heterocycles. The number of nitrogens with two attached hydrogens (primary N) is 1. The molecule has 0 radical (unpaired) electrons. The summed E-state index contributed by atoms with van der Waals surface area (Å²) in [4.78, 5) is 4.30. The van der Waals surface area contributed by atoms with Crippen LogP contribution in [0.15, 0.2) is 23.2 Å². The van der Waals surface area contributed by atoms with Gasteiger partial charge in [0.05, 0.1) is 11.8 Å². The number of nitrogens with zero attached hydrogens (tertiary/aromatic N) is 2. The molecular weight excluding hydrogens is 294 g/mol. The molecule has 1 atom stereocenters. The number of aryl methyl sites for hydroxylation is 2. The normalized spacial score (nSPS) is 14.9. The van der Waals surface area contributed by atoms with E-state index in [4.69, 9.17) is 5.73 Å². The van der Waals surface area contributed by atoms with Gasteiger partial charge in [0.1, 0.15) is 5.82 Å². The monoisotopic (exact) mass is 313 g/mol. The third-order valence-corrected chi connectivity index (χ3v) is 2.99. The highest BCUT2D eigenvalue weighted by Crippen LogP contribution is 2.11. The van der Waals surface area contributed by atoms with Crippen molar-refractivity contribution in [3.8, 4) is 0 Å². The standard InChI is InChI=1S/C13H20BrN3O/c1-9-4-5-10(2)17(9)13(15)8-12(11(3)18)16-7-6-14/h4-5,8,11,18H,6-7,15H2,1-3H3. The lowest BCUT2D eigenvalue weighted by molar-refractivity contribution is 0.263. The van der Waals surface area contributed by atoms with E-state index in [9.17, 15) is 5.11 Å². The highest BCUT2D eigenvalue weighted by atomic mass is 79.9. The van der Waals surface area contributed by atoms with Gasteiger partial charge in [-0.05, 0) is 32.9 Å². The molecule has 0 aliphatic rings. The van der Waals surface area contributed by atoms with Gasteiger partial charge in [-0.1, -0.05) is 15.9 Å². The lowest BCUT2D eigenvalue weighted by atomic mass is 10.2. The van der Waals surface area contributed by atoms with Crippen LogP contribution in [0.3, 0.4) is 0 Å². The first kappa shape index (κ1) is 15.0. The first-order valence-corrected chi connectivity index (χ1v) is 7.00. The van der Waals surface area contributed by atoms with E-state index in [1.54, 1.807) is 13.0 Å². The number of aliphatic imine (C=N–C) groups is 1. The van der Waals surface area contributed by atoms with Crippen LogP contribution >= 0.6 is 15.9 Å². The Balaban J connectivity index is 3.07. The molecule has 3 N–H and O–H groups in total. The van der Waals surface area contributed by atoms with Crippen LogP contribution in [0, 0.1) is 13.8 Å². The molecule has 1 unspecified atom stereocenters. The topological polar surface area (TPSA) is 63.5 Å². The predicted molar refractivity (Wildman–Crippen MR) is 80.1 cm³/mol. The summed E-state index contributed by atoms with van der Waals surface area (Å²) in [6, 6.07) is 4.02. The Kier molecular flexibility index (Phi) is 5.62. The molecule has 0 fully saturated rings. The molecule has 0 spiro atoms. The maximum Gasteiger partial charge on any atom is 0.109 e. The number of halogens is 1. The van der Waals surface area contributed by atoms with Gasteiger partial charge < -0.3 is 15.4 Å². The largest absolute Gasteiger partial charge is 0.387 e. The Hall–Kier alpha value is -1.07. The summed E-state index contributed by atoms with van der Waals surface area (Å²) in [7, 11) is 0. The zero-order chi connectivity index (χ0) is 13.7. The average Bonchev–Trinajstić information content (AvgIpc) is 2.63. The third-order valence-electron chi connectivity index (χ3n) is 2.63. The van der Waals surface area contributed by atoms with E-state index in [0.29, 0.717) is 18.1 Å². The van der Waals surface area contributed by atoms with Crippen LogP contribution in [-0.2, 0) is 0 Å². The van der Waals surface area contributed by atoms with Gasteiger partial charge >= 0.3 is 0 Å². The minimum absolute atomic E-state index is 0.573. The van der Waals surface area contributed by atoms with Crippen molar-refractivity contribution in [3.05, 3.63) is 29.6 Å². The molecule has 0 bridgehead atoms. The predicted octanol–water partition coefficient (Wildman–Crippen LogP) is 2.08. The number of hydrogen-bond donors (Lipinski definition) is 2. The van der Waals surface area contributed by atoms with Crippen molar-refractivity contribution < 1.29 is 5.11 Å². The second-order valence-electron chi connectivity index (χ2n) is 4.19. The molecule has 1 aromatic rings. The fourth-order valence-corrected chi connectivity index (χ4v) is 1.94. The van der Waals surface area contributed by atoms with Gasteiger partial charge in [-0.3, -0.25) is 4.99 Å². The Morgan fingerprint density at radius 2 is 2.06 bits per heavy atom. The van der Waals surface area contributed by atoms with E-state index in [-0.39, 0.29) is 0 Å². The van der Waals surface area contributed by atoms with Crippen LogP contribution in [0.5, 0.6) is 0 Å². The van der Waals surface area contributed by atoms with Gasteiger partial charge in [-0.25, -0.2) is 0 Å². The second kappa shape index (κ2) is 6.75. The van der Waals surface area contributed by atoms with Crippen molar-refractivity contribution in [2.45, 2.75) is 26.9 Å². The number of aliphatic hydroxyl groups excluding tert-OH is 1. The summed E-state index contributed by atoms with van der Waals surface area (Å²) < 4.78 is 1.94. The number of aliphatic hydroxyl groups is 1. The van der Waals surface area contributed by atoms with Crippen molar-refractivity contribution >= 4 is 27.5 Å². The van der Waals surface area contributed by atoms with E-state index < -0.39 is 6.10 Å². The van der Waals surface area contributed by atoms with E-state index in [1.165, 1.54) is 0 Å². The summed E-state index contributed by atoms with van der Waals surface area (Å²) in [5.41, 5.74) is 8.79. The molecule has 0 amide bonds. The maximum atomic E-state index is 9.67. The van der Waals surface area contributed by atoms with Crippen LogP contribution in [0.2, 0.25) is 0 Å². The van der Waals surface area contributed by atoms with Gasteiger partial charge in [-0.15, -0.1) is 0 Å². The van der Waals surface area contributed by atoms with Crippen LogP contribution in [0.1, 0.15) is 18.3 Å². The smallest absolute Gasteiger partial charge is 0.109 e. The van der Waals surface area contributed by atoms with E-state index in [2.05, 4.69) is 20.9 Å². The number of alkyl halides is 1. The summed E-state index contributed by atoms with van der Waals surface area (Å²) >= 11 is 3.31. The summed E-state index contributed by atoms with van der Waals surface area (Å²) in [5, 5.41) is 10.4. The van der Waals surface area contributed by atoms with E-state index in [0.717, 1.165) is 16.7 Å². The number of hydrogen-bond acceptors (Lipinski definition) is 3. The molecule has 1 heterocycles. The molecule has 0 aliphatic heterocycles. The average molecular weight is 314 g/mol. The van der Waals surface area contributed by atoms with E-state index >= 15 is 0 Å². The fourth-order valence-electron chi connectivity index (χ4n) is 1.76. The first-order valence-electron chi connectivity index (χ1n) is 5.88. The van der Waals surface area contributed by atoms with Crippen molar-refractivity contribution in [2.24, 2.45) is 10.7 Å². The third kappa shape index (κ3) is 3.71. The van der Waals surface area contributed by atoms with Crippen molar-refractivity contribution in [3.63, 3.8) is 0 Å². The molecule has 1 aromatic heterocycles. The summed E-state index contributed by atoms with van der Waals surface area (Å²) in [6.07, 6.45) is 1.10. The molecular formula is C13H20BrN3O. The molecule has 4 nitrogen and oxygen atoms in total. The molecule has 100 valence electrons. The van der Waals surface area contributed by atoms with Crippen LogP contribution in [0.4, 0.5) is 0 Å². The van der Waals surface area contributed by atoms with Crippen molar-refractivity contribution in [1.29, 1.82) is 0 Å². The van der Waals surface area contributed by atoms with Crippen LogP contribution < -0.4 is 5.73 Å². The maximum absolute atomic E-state index is 9.67. The molecule has 0 saturated carbocycles. The summed E-state index contributed by atoms with van der Waals surface area (Å²) in [5.74, 6) is 0.573. The number of aromatic nitrogens is 1. The Bertz CT molecular complexity index is 441. The second-order valence-corrected chi connectivity index (χ2v) is 4.99. The number of rotatable bonds is 5. The Morgan fingerprint density at radius 3 is 2.50 bits per heavy atom. The Labute approximate surface area is 116 Å². The summed E-state index contributed by atoms with van der Waals surface area (Å²) in [6.45, 7) is 6.29. The van der Waals surface area contributed by atoms with Gasteiger partial charge in [0.15, 0.2) is 0 Å². The minimum Gasteiger partial charge on any atom is -0.387 e. The molecule has 0 aliphatic carbocycles. The van der Waals surface area contributed by atoms with Crippen LogP contribution in [-0.4, -0.2) is 33.4 Å². The van der Waals surface area contributed by atoms with Crippen molar-refractivity contribution in [1.82, 2.24) is 4.57 Å². The lowest BCUT2D eigenvalue weighted by Crippen LogP contribution is -2.19. The van der Waals surface area contributed by atoms with Gasteiger partial charge in [0, 0.05) is 29.3 Å². The van der Waals surface area contributed by atoms with Gasteiger partial charge in [-0.2, -0.15) is 0 Å². The minimum atomic E-state index is -0.626. The Morgan fingerprint density at radius 1 is 1.50 bits per heavy atom. The zero-order valence-corrected chi connectivity index (χ0v) is 12.6. The van der Waals surface area contributed by atoms with Gasteiger partial charge in [0.2, 0.25) is 0 Å². The zero-order valence-electron chi connectivity index (χ0n) is 11.0. The van der Waals surface area contributed by atoms with Crippen LogP contribution in [0.25, 0.3) is 5.82 Å². The molecule has 0 aromatic carbocycles. The highest BCUT2D eigenvalue weighted by Gasteiger charge is 2.08. The lowest BCUT2D eigenvalue weighted by Gasteiger charge is -2.11. The fraction of sp³-hybridized carbons (Fsp3) is 0.462. The van der Waals surface area contributed by atoms with Gasteiger partial charge in [0.25, 0.3) is 0 Å². The first-order chi connectivity index (χ1) is 8.47. The highest BCUT2D eigenvalue weighted by molar-refractivity contribution is 9.09. The molecule has 1 rings (SSSR count).